The van der Waals surface area contributed by atoms with Crippen LogP contribution >= 0.6 is 0 Å². The number of rotatable bonds is 2. The van der Waals surface area contributed by atoms with E-state index in [1.807, 2.05) is 0 Å². The Kier molecular flexibility index (Phi) is 2.96. The third-order valence-corrected chi connectivity index (χ3v) is 2.91. The van der Waals surface area contributed by atoms with Crippen LogP contribution in [0.15, 0.2) is 24.7 Å². The highest BCUT2D eigenvalue weighted by atomic mass is 19.4. The summed E-state index contributed by atoms with van der Waals surface area (Å²) in [5.41, 5.74) is -0.448. The predicted octanol–water partition coefficient (Wildman–Crippen LogP) is 2.48. The largest absolute Gasteiger partial charge is 0.417 e. The maximum atomic E-state index is 13.1. The predicted molar refractivity (Wildman–Crippen MR) is 69.5 cm³/mol. The van der Waals surface area contributed by atoms with Crippen LogP contribution in [-0.2, 0) is 6.18 Å². The Labute approximate surface area is 116 Å². The summed E-state index contributed by atoms with van der Waals surface area (Å²) in [5.74, 6) is 0.193. The first-order valence-corrected chi connectivity index (χ1v) is 5.91. The Morgan fingerprint density at radius 1 is 1.19 bits per heavy atom. The number of anilines is 1. The van der Waals surface area contributed by atoms with Gasteiger partial charge >= 0.3 is 6.18 Å². The number of alkyl halides is 3. The SMILES string of the molecule is CNc1nc(-c2cnccc2C(F)(F)F)c2cn[nH]c2n1. The van der Waals surface area contributed by atoms with E-state index >= 15 is 0 Å². The molecule has 0 unspecified atom stereocenters. The molecular weight excluding hydrogens is 285 g/mol. The normalized spacial score (nSPS) is 11.8. The zero-order valence-electron chi connectivity index (χ0n) is 10.7. The summed E-state index contributed by atoms with van der Waals surface area (Å²) in [4.78, 5) is 12.0. The summed E-state index contributed by atoms with van der Waals surface area (Å²) in [6.45, 7) is 0. The molecule has 0 spiro atoms. The van der Waals surface area contributed by atoms with Crippen LogP contribution in [0.4, 0.5) is 19.1 Å². The van der Waals surface area contributed by atoms with E-state index in [0.717, 1.165) is 18.5 Å². The van der Waals surface area contributed by atoms with Gasteiger partial charge in [0, 0.05) is 25.0 Å². The lowest BCUT2D eigenvalue weighted by atomic mass is 10.1. The van der Waals surface area contributed by atoms with Gasteiger partial charge in [-0.2, -0.15) is 23.3 Å². The molecule has 0 saturated heterocycles. The van der Waals surface area contributed by atoms with Crippen molar-refractivity contribution in [2.45, 2.75) is 6.18 Å². The first-order chi connectivity index (χ1) is 10.0. The number of nitrogens with one attached hydrogen (secondary N) is 2. The van der Waals surface area contributed by atoms with Crippen molar-refractivity contribution in [3.8, 4) is 11.3 Å². The van der Waals surface area contributed by atoms with Crippen molar-refractivity contribution in [2.24, 2.45) is 0 Å². The average molecular weight is 294 g/mol. The van der Waals surface area contributed by atoms with Gasteiger partial charge in [-0.25, -0.2) is 4.98 Å². The van der Waals surface area contributed by atoms with Gasteiger partial charge in [-0.15, -0.1) is 0 Å². The van der Waals surface area contributed by atoms with Gasteiger partial charge in [-0.3, -0.25) is 10.1 Å². The quantitative estimate of drug-likeness (QED) is 0.759. The van der Waals surface area contributed by atoms with Crippen molar-refractivity contribution in [3.63, 3.8) is 0 Å². The van der Waals surface area contributed by atoms with Crippen molar-refractivity contribution in [2.75, 3.05) is 12.4 Å². The van der Waals surface area contributed by atoms with Crippen molar-refractivity contribution < 1.29 is 13.2 Å². The topological polar surface area (TPSA) is 79.4 Å². The number of hydrogen-bond acceptors (Lipinski definition) is 5. The molecule has 3 rings (SSSR count). The fraction of sp³-hybridized carbons (Fsp3) is 0.167. The number of nitrogens with zero attached hydrogens (tertiary/aromatic N) is 4. The second-order valence-corrected chi connectivity index (χ2v) is 4.20. The molecule has 0 bridgehead atoms. The van der Waals surface area contributed by atoms with Gasteiger partial charge in [-0.1, -0.05) is 0 Å². The van der Waals surface area contributed by atoms with Gasteiger partial charge in [-0.05, 0) is 6.07 Å². The van der Waals surface area contributed by atoms with Crippen molar-refractivity contribution in [3.05, 3.63) is 30.2 Å². The van der Waals surface area contributed by atoms with Gasteiger partial charge in [0.05, 0.1) is 22.8 Å². The van der Waals surface area contributed by atoms with E-state index in [9.17, 15) is 13.2 Å². The van der Waals surface area contributed by atoms with Crippen molar-refractivity contribution in [1.29, 1.82) is 0 Å². The molecule has 2 N–H and O–H groups in total. The smallest absolute Gasteiger partial charge is 0.357 e. The molecule has 0 aliphatic carbocycles. The number of pyridine rings is 1. The molecule has 0 atom stereocenters. The fourth-order valence-electron chi connectivity index (χ4n) is 1.98. The summed E-state index contributed by atoms with van der Waals surface area (Å²) in [6, 6.07) is 0.919. The standard InChI is InChI=1S/C12H9F3N6/c1-16-11-19-9(7-5-18-21-10(7)20-11)6-4-17-3-2-8(6)12(13,14)15/h2-5H,1H3,(H2,16,18,19,20,21). The zero-order valence-corrected chi connectivity index (χ0v) is 10.7. The molecule has 0 radical (unpaired) electrons. The van der Waals surface area contributed by atoms with Crippen LogP contribution in [0, 0.1) is 0 Å². The van der Waals surface area contributed by atoms with Crippen LogP contribution in [0.5, 0.6) is 0 Å². The van der Waals surface area contributed by atoms with Crippen LogP contribution in [0.3, 0.4) is 0 Å². The third-order valence-electron chi connectivity index (χ3n) is 2.91. The van der Waals surface area contributed by atoms with Gasteiger partial charge in [0.2, 0.25) is 5.95 Å². The molecule has 108 valence electrons. The van der Waals surface area contributed by atoms with Gasteiger partial charge in [0.15, 0.2) is 5.65 Å². The number of aromatic nitrogens is 5. The maximum Gasteiger partial charge on any atom is 0.417 e. The maximum absolute atomic E-state index is 13.1. The molecule has 3 heterocycles. The molecule has 3 aromatic heterocycles. The van der Waals surface area contributed by atoms with Crippen LogP contribution in [0.25, 0.3) is 22.3 Å². The van der Waals surface area contributed by atoms with Gasteiger partial charge in [0.25, 0.3) is 0 Å². The molecule has 0 saturated carbocycles. The second-order valence-electron chi connectivity index (χ2n) is 4.20. The Hall–Kier alpha value is -2.71. The number of hydrogen-bond donors (Lipinski definition) is 2. The van der Waals surface area contributed by atoms with E-state index in [1.165, 1.54) is 6.20 Å². The molecule has 3 aromatic rings. The summed E-state index contributed by atoms with van der Waals surface area (Å²) in [6.07, 6.45) is -0.882. The van der Waals surface area contributed by atoms with E-state index in [-0.39, 0.29) is 17.2 Å². The second kappa shape index (κ2) is 4.69. The highest BCUT2D eigenvalue weighted by Gasteiger charge is 2.34. The summed E-state index contributed by atoms with van der Waals surface area (Å²) < 4.78 is 39.4. The molecule has 0 amide bonds. The minimum absolute atomic E-state index is 0.115. The molecule has 0 aliphatic heterocycles. The van der Waals surface area contributed by atoms with Crippen molar-refractivity contribution in [1.82, 2.24) is 25.1 Å². The molecule has 0 fully saturated rings. The number of H-pyrrole nitrogens is 1. The number of fused-ring (bicyclic) bond motifs is 1. The molecule has 9 heteroatoms. The minimum atomic E-state index is -4.50. The first kappa shape index (κ1) is 13.3. The Morgan fingerprint density at radius 2 is 2.00 bits per heavy atom. The summed E-state index contributed by atoms with van der Waals surface area (Å²) in [7, 11) is 1.58. The van der Waals surface area contributed by atoms with E-state index < -0.39 is 11.7 Å². The Bertz CT molecular complexity index is 795. The first-order valence-electron chi connectivity index (χ1n) is 5.91. The number of aromatic amines is 1. The van der Waals surface area contributed by atoms with Gasteiger partial charge < -0.3 is 5.32 Å². The van der Waals surface area contributed by atoms with E-state index in [1.54, 1.807) is 7.05 Å². The minimum Gasteiger partial charge on any atom is -0.357 e. The lowest BCUT2D eigenvalue weighted by Crippen LogP contribution is -2.08. The Morgan fingerprint density at radius 3 is 2.71 bits per heavy atom. The van der Waals surface area contributed by atoms with E-state index in [0.29, 0.717) is 11.0 Å². The third kappa shape index (κ3) is 2.26. The van der Waals surface area contributed by atoms with Crippen LogP contribution in [0.2, 0.25) is 0 Å². The van der Waals surface area contributed by atoms with Gasteiger partial charge in [0.1, 0.15) is 0 Å². The Balaban J connectivity index is 2.33. The fourth-order valence-corrected chi connectivity index (χ4v) is 1.98. The zero-order chi connectivity index (χ0) is 15.0. The summed E-state index contributed by atoms with van der Waals surface area (Å²) in [5, 5.41) is 9.52. The molecule has 0 aromatic carbocycles. The lowest BCUT2D eigenvalue weighted by Gasteiger charge is -2.12. The summed E-state index contributed by atoms with van der Waals surface area (Å²) >= 11 is 0. The average Bonchev–Trinajstić information content (AvgIpc) is 2.93. The van der Waals surface area contributed by atoms with Crippen LogP contribution in [-0.4, -0.2) is 32.2 Å². The lowest BCUT2D eigenvalue weighted by molar-refractivity contribution is -0.137. The van der Waals surface area contributed by atoms with Crippen molar-refractivity contribution >= 4 is 17.0 Å². The van der Waals surface area contributed by atoms with E-state index in [4.69, 9.17) is 0 Å². The molecule has 6 nitrogen and oxygen atoms in total. The number of halogens is 3. The van der Waals surface area contributed by atoms with Crippen LogP contribution in [0.1, 0.15) is 5.56 Å². The molecule has 21 heavy (non-hydrogen) atoms. The molecule has 0 aliphatic rings. The monoisotopic (exact) mass is 294 g/mol. The highest BCUT2D eigenvalue weighted by molar-refractivity contribution is 5.91. The van der Waals surface area contributed by atoms with Crippen LogP contribution < -0.4 is 5.32 Å². The highest BCUT2D eigenvalue weighted by Crippen LogP contribution is 2.37. The molecular formula is C12H9F3N6. The van der Waals surface area contributed by atoms with E-state index in [2.05, 4.69) is 30.5 Å².